The van der Waals surface area contributed by atoms with E-state index in [4.69, 9.17) is 14.6 Å². The monoisotopic (exact) mass is 256 g/mol. The maximum Gasteiger partial charge on any atom is 0.339 e. The number of ether oxygens (including phenoxy) is 2. The van der Waals surface area contributed by atoms with Crippen molar-refractivity contribution < 1.29 is 19.4 Å². The van der Waals surface area contributed by atoms with E-state index in [9.17, 15) is 4.79 Å². The molecule has 0 radical (unpaired) electrons. The van der Waals surface area contributed by atoms with Gasteiger partial charge in [-0.3, -0.25) is 0 Å². The van der Waals surface area contributed by atoms with Crippen molar-refractivity contribution in [2.75, 3.05) is 25.2 Å². The lowest BCUT2D eigenvalue weighted by atomic mass is 10.2. The van der Waals surface area contributed by atoms with Gasteiger partial charge in [0.05, 0.1) is 13.7 Å². The summed E-state index contributed by atoms with van der Waals surface area (Å²) in [6.45, 7) is 2.58. The first kappa shape index (κ1) is 13.7. The summed E-state index contributed by atoms with van der Waals surface area (Å²) in [7, 11) is 1.50. The average molecular weight is 256 g/mol. The fourth-order valence-corrected chi connectivity index (χ4v) is 1.77. The van der Waals surface area contributed by atoms with Crippen LogP contribution in [0.2, 0.25) is 0 Å². The SMILES string of the molecule is CCSCCOc1ccc(OC)cc1C(=O)O. The van der Waals surface area contributed by atoms with E-state index in [2.05, 4.69) is 6.92 Å². The molecule has 0 fully saturated rings. The van der Waals surface area contributed by atoms with Crippen LogP contribution < -0.4 is 9.47 Å². The predicted octanol–water partition coefficient (Wildman–Crippen LogP) is 2.53. The van der Waals surface area contributed by atoms with E-state index >= 15 is 0 Å². The number of carboxylic acids is 1. The van der Waals surface area contributed by atoms with Gasteiger partial charge in [-0.1, -0.05) is 6.92 Å². The maximum absolute atomic E-state index is 11.0. The van der Waals surface area contributed by atoms with Gasteiger partial charge in [-0.25, -0.2) is 4.79 Å². The van der Waals surface area contributed by atoms with E-state index < -0.39 is 5.97 Å². The number of hydrogen-bond donors (Lipinski definition) is 1. The van der Waals surface area contributed by atoms with Crippen LogP contribution in [-0.2, 0) is 0 Å². The van der Waals surface area contributed by atoms with Crippen LogP contribution in [0.4, 0.5) is 0 Å². The lowest BCUT2D eigenvalue weighted by Crippen LogP contribution is -2.06. The van der Waals surface area contributed by atoms with Gasteiger partial charge in [0.15, 0.2) is 0 Å². The van der Waals surface area contributed by atoms with Crippen LogP contribution in [-0.4, -0.2) is 36.3 Å². The van der Waals surface area contributed by atoms with E-state index in [-0.39, 0.29) is 5.56 Å². The molecule has 0 bridgehead atoms. The van der Waals surface area contributed by atoms with Gasteiger partial charge in [-0.05, 0) is 24.0 Å². The van der Waals surface area contributed by atoms with Gasteiger partial charge in [0, 0.05) is 5.75 Å². The Hall–Kier alpha value is -1.36. The Kier molecular flexibility index (Phi) is 5.69. The van der Waals surface area contributed by atoms with Gasteiger partial charge in [0.2, 0.25) is 0 Å². The van der Waals surface area contributed by atoms with Crippen LogP contribution >= 0.6 is 11.8 Å². The lowest BCUT2D eigenvalue weighted by Gasteiger charge is -2.10. The number of hydrogen-bond acceptors (Lipinski definition) is 4. The quantitative estimate of drug-likeness (QED) is 0.760. The third kappa shape index (κ3) is 4.19. The highest BCUT2D eigenvalue weighted by atomic mass is 32.2. The molecule has 5 heteroatoms. The van der Waals surface area contributed by atoms with Crippen molar-refractivity contribution in [1.29, 1.82) is 0 Å². The molecular weight excluding hydrogens is 240 g/mol. The van der Waals surface area contributed by atoms with Crippen LogP contribution in [0.25, 0.3) is 0 Å². The van der Waals surface area contributed by atoms with Crippen LogP contribution in [0.15, 0.2) is 18.2 Å². The molecule has 0 aliphatic heterocycles. The number of carbonyl (C=O) groups is 1. The molecule has 0 aliphatic rings. The zero-order valence-corrected chi connectivity index (χ0v) is 10.8. The third-order valence-corrected chi connectivity index (χ3v) is 2.97. The molecule has 0 aromatic heterocycles. The molecule has 0 spiro atoms. The zero-order chi connectivity index (χ0) is 12.7. The second kappa shape index (κ2) is 7.06. The Morgan fingerprint density at radius 3 is 2.82 bits per heavy atom. The van der Waals surface area contributed by atoms with E-state index in [1.54, 1.807) is 23.9 Å². The molecule has 94 valence electrons. The topological polar surface area (TPSA) is 55.8 Å². The van der Waals surface area contributed by atoms with Gasteiger partial charge in [0.1, 0.15) is 17.1 Å². The van der Waals surface area contributed by atoms with Crippen molar-refractivity contribution in [2.45, 2.75) is 6.92 Å². The lowest BCUT2D eigenvalue weighted by molar-refractivity contribution is 0.0692. The average Bonchev–Trinajstić information content (AvgIpc) is 2.34. The number of rotatable bonds is 7. The van der Waals surface area contributed by atoms with Crippen LogP contribution in [0.5, 0.6) is 11.5 Å². The third-order valence-electron chi connectivity index (χ3n) is 2.11. The molecule has 1 aromatic carbocycles. The van der Waals surface area contributed by atoms with Gasteiger partial charge in [-0.15, -0.1) is 0 Å². The Bertz CT molecular complexity index is 379. The first-order valence-corrected chi connectivity index (χ1v) is 6.46. The summed E-state index contributed by atoms with van der Waals surface area (Å²) in [6.07, 6.45) is 0. The molecule has 0 atom stereocenters. The molecule has 0 unspecified atom stereocenters. The van der Waals surface area contributed by atoms with E-state index in [1.165, 1.54) is 13.2 Å². The number of carboxylic acid groups (broad SMARTS) is 1. The molecule has 17 heavy (non-hydrogen) atoms. The second-order valence-corrected chi connectivity index (χ2v) is 4.61. The predicted molar refractivity (Wildman–Crippen MR) is 68.4 cm³/mol. The second-order valence-electron chi connectivity index (χ2n) is 3.21. The largest absolute Gasteiger partial charge is 0.497 e. The van der Waals surface area contributed by atoms with Crippen LogP contribution in [0.1, 0.15) is 17.3 Å². The minimum absolute atomic E-state index is 0.130. The number of aromatic carboxylic acids is 1. The minimum atomic E-state index is -1.01. The number of thioether (sulfide) groups is 1. The van der Waals surface area contributed by atoms with Gasteiger partial charge >= 0.3 is 5.97 Å². The summed E-state index contributed by atoms with van der Waals surface area (Å²) in [5, 5.41) is 9.05. The first-order valence-electron chi connectivity index (χ1n) is 5.31. The van der Waals surface area contributed by atoms with Crippen molar-refractivity contribution in [3.8, 4) is 11.5 Å². The fourth-order valence-electron chi connectivity index (χ4n) is 1.28. The fraction of sp³-hybridized carbons (Fsp3) is 0.417. The molecule has 4 nitrogen and oxygen atoms in total. The Balaban J connectivity index is 2.73. The van der Waals surface area contributed by atoms with Crippen molar-refractivity contribution in [2.24, 2.45) is 0 Å². The van der Waals surface area contributed by atoms with Crippen molar-refractivity contribution in [1.82, 2.24) is 0 Å². The Labute approximate surface area is 105 Å². The normalized spacial score (nSPS) is 10.0. The molecule has 0 heterocycles. The standard InChI is InChI=1S/C12H16O4S/c1-3-17-7-6-16-11-5-4-9(15-2)8-10(11)12(13)14/h4-5,8H,3,6-7H2,1-2H3,(H,13,14). The minimum Gasteiger partial charge on any atom is -0.497 e. The molecule has 1 N–H and O–H groups in total. The summed E-state index contributed by atoms with van der Waals surface area (Å²) < 4.78 is 10.4. The highest BCUT2D eigenvalue weighted by molar-refractivity contribution is 7.99. The summed E-state index contributed by atoms with van der Waals surface area (Å²) in [6, 6.07) is 4.78. The first-order chi connectivity index (χ1) is 8.19. The summed E-state index contributed by atoms with van der Waals surface area (Å²) in [4.78, 5) is 11.0. The van der Waals surface area contributed by atoms with Gasteiger partial charge in [-0.2, -0.15) is 11.8 Å². The highest BCUT2D eigenvalue weighted by Crippen LogP contribution is 2.24. The Morgan fingerprint density at radius 2 is 2.24 bits per heavy atom. The van der Waals surface area contributed by atoms with E-state index in [1.807, 2.05) is 0 Å². The molecule has 0 aliphatic carbocycles. The highest BCUT2D eigenvalue weighted by Gasteiger charge is 2.12. The molecule has 0 amide bonds. The Morgan fingerprint density at radius 1 is 1.47 bits per heavy atom. The molecule has 0 saturated heterocycles. The maximum atomic E-state index is 11.0. The number of benzene rings is 1. The molecular formula is C12H16O4S. The summed E-state index contributed by atoms with van der Waals surface area (Å²) >= 11 is 1.75. The smallest absolute Gasteiger partial charge is 0.339 e. The molecule has 1 aromatic rings. The van der Waals surface area contributed by atoms with E-state index in [0.717, 1.165) is 11.5 Å². The summed E-state index contributed by atoms with van der Waals surface area (Å²) in [5.41, 5.74) is 0.130. The van der Waals surface area contributed by atoms with Crippen molar-refractivity contribution in [3.63, 3.8) is 0 Å². The van der Waals surface area contributed by atoms with Crippen molar-refractivity contribution in [3.05, 3.63) is 23.8 Å². The van der Waals surface area contributed by atoms with E-state index in [0.29, 0.717) is 18.1 Å². The van der Waals surface area contributed by atoms with Crippen LogP contribution in [0.3, 0.4) is 0 Å². The zero-order valence-electron chi connectivity index (χ0n) is 9.93. The van der Waals surface area contributed by atoms with Crippen LogP contribution in [0, 0.1) is 0 Å². The van der Waals surface area contributed by atoms with Crippen molar-refractivity contribution >= 4 is 17.7 Å². The molecule has 1 rings (SSSR count). The number of methoxy groups -OCH3 is 1. The van der Waals surface area contributed by atoms with Gasteiger partial charge in [0.25, 0.3) is 0 Å². The van der Waals surface area contributed by atoms with Gasteiger partial charge < -0.3 is 14.6 Å². The summed E-state index contributed by atoms with van der Waals surface area (Å²) in [5.74, 6) is 1.76. The molecule has 0 saturated carbocycles.